The van der Waals surface area contributed by atoms with Crippen molar-refractivity contribution in [3.8, 4) is 11.5 Å². The Morgan fingerprint density at radius 3 is 2.76 bits per heavy atom. The molecule has 3 heterocycles. The molecule has 0 unspecified atom stereocenters. The van der Waals surface area contributed by atoms with Crippen molar-refractivity contribution in [3.05, 3.63) is 65.3 Å². The molecule has 8 nitrogen and oxygen atoms in total. The van der Waals surface area contributed by atoms with Gasteiger partial charge >= 0.3 is 17.9 Å². The highest BCUT2D eigenvalue weighted by Crippen LogP contribution is 2.38. The summed E-state index contributed by atoms with van der Waals surface area (Å²) in [5, 5.41) is 0. The van der Waals surface area contributed by atoms with E-state index in [1.165, 1.54) is 6.08 Å². The van der Waals surface area contributed by atoms with E-state index in [2.05, 4.69) is 6.58 Å². The van der Waals surface area contributed by atoms with Crippen LogP contribution in [0.1, 0.15) is 25.3 Å². The lowest BCUT2D eigenvalue weighted by Gasteiger charge is -2.25. The van der Waals surface area contributed by atoms with Crippen LogP contribution in [0.5, 0.6) is 11.5 Å². The van der Waals surface area contributed by atoms with Gasteiger partial charge in [-0.1, -0.05) is 18.2 Å². The largest absolute Gasteiger partial charge is 0.458 e. The van der Waals surface area contributed by atoms with Crippen LogP contribution in [0.3, 0.4) is 0 Å². The average Bonchev–Trinajstić information content (AvgIpc) is 3.44. The van der Waals surface area contributed by atoms with E-state index in [0.29, 0.717) is 23.5 Å². The molecule has 1 fully saturated rings. The number of benzene rings is 1. The second-order valence-corrected chi connectivity index (χ2v) is 8.40. The van der Waals surface area contributed by atoms with Crippen LogP contribution in [0.4, 0.5) is 0 Å². The summed E-state index contributed by atoms with van der Waals surface area (Å²) in [6.07, 6.45) is 5.27. The molecule has 170 valence electrons. The molecule has 0 radical (unpaired) electrons. The van der Waals surface area contributed by atoms with Gasteiger partial charge in [-0.15, -0.1) is 0 Å². The minimum absolute atomic E-state index is 0.166. The third kappa shape index (κ3) is 4.16. The van der Waals surface area contributed by atoms with E-state index in [-0.39, 0.29) is 24.9 Å². The van der Waals surface area contributed by atoms with Gasteiger partial charge in [0, 0.05) is 30.1 Å². The van der Waals surface area contributed by atoms with Crippen LogP contribution in [0, 0.1) is 5.92 Å². The van der Waals surface area contributed by atoms with E-state index in [4.69, 9.17) is 23.7 Å². The van der Waals surface area contributed by atoms with Crippen molar-refractivity contribution < 1.29 is 38.1 Å². The first-order valence-electron chi connectivity index (χ1n) is 10.6. The number of hydrogen-bond acceptors (Lipinski definition) is 8. The summed E-state index contributed by atoms with van der Waals surface area (Å²) in [7, 11) is 0. The van der Waals surface area contributed by atoms with Crippen molar-refractivity contribution in [2.75, 3.05) is 6.79 Å². The van der Waals surface area contributed by atoms with Gasteiger partial charge in [0.1, 0.15) is 18.3 Å². The minimum atomic E-state index is -0.781. The number of carbonyl (C=O) groups is 3. The third-order valence-electron chi connectivity index (χ3n) is 6.04. The van der Waals surface area contributed by atoms with E-state index in [0.717, 1.165) is 11.1 Å². The summed E-state index contributed by atoms with van der Waals surface area (Å²) in [5.74, 6) is -0.907. The molecule has 1 aromatic carbocycles. The first kappa shape index (κ1) is 21.1. The molecule has 0 saturated carbocycles. The monoisotopic (exact) mass is 450 g/mol. The Labute approximate surface area is 190 Å². The van der Waals surface area contributed by atoms with Gasteiger partial charge in [0.05, 0.1) is 5.92 Å². The molecule has 2 bridgehead atoms. The van der Waals surface area contributed by atoms with Crippen molar-refractivity contribution in [1.82, 2.24) is 0 Å². The fraction of sp³-hybridized carbons (Fsp3) is 0.320. The second kappa shape index (κ2) is 8.27. The lowest BCUT2D eigenvalue weighted by atomic mass is 9.85. The molecular weight excluding hydrogens is 428 g/mol. The molecule has 8 heteroatoms. The lowest BCUT2D eigenvalue weighted by Crippen LogP contribution is -2.32. The van der Waals surface area contributed by atoms with Crippen molar-refractivity contribution in [3.63, 3.8) is 0 Å². The molecule has 1 aliphatic carbocycles. The number of esters is 3. The summed E-state index contributed by atoms with van der Waals surface area (Å²) in [4.78, 5) is 37.2. The van der Waals surface area contributed by atoms with Gasteiger partial charge in [-0.3, -0.25) is 0 Å². The molecule has 5 rings (SSSR count). The van der Waals surface area contributed by atoms with Crippen LogP contribution in [-0.2, 0) is 28.6 Å². The summed E-state index contributed by atoms with van der Waals surface area (Å²) < 4.78 is 27.3. The highest BCUT2D eigenvalue weighted by Gasteiger charge is 2.46. The Kier molecular flexibility index (Phi) is 5.28. The fourth-order valence-corrected chi connectivity index (χ4v) is 4.47. The maximum absolute atomic E-state index is 12.7. The van der Waals surface area contributed by atoms with Crippen LogP contribution in [0.15, 0.2) is 59.7 Å². The molecule has 33 heavy (non-hydrogen) atoms. The quantitative estimate of drug-likeness (QED) is 0.300. The first-order valence-corrected chi connectivity index (χ1v) is 10.6. The van der Waals surface area contributed by atoms with E-state index in [1.807, 2.05) is 6.92 Å². The van der Waals surface area contributed by atoms with Crippen molar-refractivity contribution in [2.45, 2.75) is 38.1 Å². The van der Waals surface area contributed by atoms with Crippen molar-refractivity contribution >= 4 is 24.0 Å². The predicted molar refractivity (Wildman–Crippen MR) is 115 cm³/mol. The Morgan fingerprint density at radius 2 is 1.91 bits per heavy atom. The number of hydrogen-bond donors (Lipinski definition) is 0. The van der Waals surface area contributed by atoms with Gasteiger partial charge in [0.2, 0.25) is 6.79 Å². The Bertz CT molecular complexity index is 1140. The molecule has 0 N–H and O–H groups in total. The molecule has 0 amide bonds. The average molecular weight is 450 g/mol. The van der Waals surface area contributed by atoms with Crippen LogP contribution in [0.2, 0.25) is 0 Å². The molecule has 1 saturated heterocycles. The number of ether oxygens (including phenoxy) is 5. The van der Waals surface area contributed by atoms with Gasteiger partial charge < -0.3 is 23.7 Å². The van der Waals surface area contributed by atoms with Crippen LogP contribution >= 0.6 is 0 Å². The maximum Gasteiger partial charge on any atom is 0.334 e. The molecule has 0 spiro atoms. The van der Waals surface area contributed by atoms with Crippen LogP contribution < -0.4 is 9.47 Å². The SMILES string of the molecule is C=C1C(=O)O[C@H]2CC3=C[C@H](C/C(C)=C/[C@@H](OC(=O)/C=C/c4ccc5c(c4)OCO5)[C@H]12)OC3=O. The molecular formula is C25H22O8. The normalized spacial score (nSPS) is 29.7. The van der Waals surface area contributed by atoms with E-state index < -0.39 is 36.0 Å². The van der Waals surface area contributed by atoms with Gasteiger partial charge in [-0.2, -0.15) is 0 Å². The smallest absolute Gasteiger partial charge is 0.334 e. The number of rotatable bonds is 3. The topological polar surface area (TPSA) is 97.4 Å². The van der Waals surface area contributed by atoms with Crippen LogP contribution in [-0.4, -0.2) is 43.0 Å². The zero-order valence-corrected chi connectivity index (χ0v) is 17.9. The van der Waals surface area contributed by atoms with Crippen molar-refractivity contribution in [2.24, 2.45) is 5.92 Å². The van der Waals surface area contributed by atoms with E-state index in [9.17, 15) is 14.4 Å². The van der Waals surface area contributed by atoms with Gasteiger partial charge in [0.25, 0.3) is 0 Å². The molecule has 4 aliphatic rings. The zero-order chi connectivity index (χ0) is 23.1. The molecule has 1 aromatic rings. The standard InChI is InChI=1S/C25H22O8/c1-13-7-17-10-16(25(28)31-17)11-21-23(14(2)24(27)33-21)20(8-13)32-22(26)6-4-15-3-5-18-19(9-15)30-12-29-18/h3-6,8-10,17,20-21,23H,2,7,11-12H2,1H3/b6-4+,13-8+/t17-,20+,21-,23-/m0/s1. The maximum atomic E-state index is 12.7. The molecule has 4 atom stereocenters. The van der Waals surface area contributed by atoms with E-state index >= 15 is 0 Å². The van der Waals surface area contributed by atoms with Gasteiger partial charge in [0.15, 0.2) is 11.5 Å². The summed E-state index contributed by atoms with van der Waals surface area (Å²) in [6, 6.07) is 5.33. The Hall–Kier alpha value is -3.81. The highest BCUT2D eigenvalue weighted by molar-refractivity contribution is 5.93. The minimum Gasteiger partial charge on any atom is -0.458 e. The lowest BCUT2D eigenvalue weighted by molar-refractivity contribution is -0.145. The molecule has 3 aliphatic heterocycles. The molecule has 0 aromatic heterocycles. The zero-order valence-electron chi connectivity index (χ0n) is 17.9. The van der Waals surface area contributed by atoms with Gasteiger partial charge in [-0.05, 0) is 42.8 Å². The summed E-state index contributed by atoms with van der Waals surface area (Å²) in [6.45, 7) is 5.89. The Morgan fingerprint density at radius 1 is 1.09 bits per heavy atom. The first-order chi connectivity index (χ1) is 15.9. The predicted octanol–water partition coefficient (Wildman–Crippen LogP) is 3.03. The van der Waals surface area contributed by atoms with Crippen molar-refractivity contribution in [1.29, 1.82) is 0 Å². The van der Waals surface area contributed by atoms with Crippen LogP contribution in [0.25, 0.3) is 6.08 Å². The number of carbonyl (C=O) groups excluding carboxylic acids is 3. The van der Waals surface area contributed by atoms with E-state index in [1.54, 1.807) is 36.4 Å². The fourth-order valence-electron chi connectivity index (χ4n) is 4.47. The third-order valence-corrected chi connectivity index (χ3v) is 6.04. The van der Waals surface area contributed by atoms with Gasteiger partial charge in [-0.25, -0.2) is 14.4 Å². The summed E-state index contributed by atoms with van der Waals surface area (Å²) >= 11 is 0. The Balaban J connectivity index is 1.38. The highest BCUT2D eigenvalue weighted by atomic mass is 16.7. The second-order valence-electron chi connectivity index (χ2n) is 8.40. The summed E-state index contributed by atoms with van der Waals surface area (Å²) in [5.41, 5.74) is 2.27. The number of fused-ring (bicyclic) bond motifs is 3.